The molecular weight excluding hydrogens is 386 g/mol. The molecule has 7 heteroatoms. The SMILES string of the molecule is NS(=O)(=O)c1cccc(NC(=O)N2CCC(c3cccc4ccccc34)CC2)c1. The van der Waals surface area contributed by atoms with E-state index in [1.54, 1.807) is 17.0 Å². The molecule has 1 aliphatic rings. The lowest BCUT2D eigenvalue weighted by molar-refractivity contribution is 0.195. The molecule has 29 heavy (non-hydrogen) atoms. The lowest BCUT2D eigenvalue weighted by atomic mass is 9.86. The third-order valence-corrected chi connectivity index (χ3v) is 6.37. The van der Waals surface area contributed by atoms with Gasteiger partial charge in [-0.15, -0.1) is 0 Å². The number of urea groups is 1. The number of nitrogens with one attached hydrogen (secondary N) is 1. The molecule has 1 saturated heterocycles. The highest BCUT2D eigenvalue weighted by molar-refractivity contribution is 7.89. The number of primary sulfonamides is 1. The molecule has 1 fully saturated rings. The van der Waals surface area contributed by atoms with Crippen molar-refractivity contribution in [2.45, 2.75) is 23.7 Å². The lowest BCUT2D eigenvalue weighted by Gasteiger charge is -2.32. The van der Waals surface area contributed by atoms with E-state index in [0.29, 0.717) is 24.7 Å². The van der Waals surface area contributed by atoms with E-state index < -0.39 is 10.0 Å². The summed E-state index contributed by atoms with van der Waals surface area (Å²) in [5.74, 6) is 0.413. The van der Waals surface area contributed by atoms with Gasteiger partial charge in [-0.3, -0.25) is 0 Å². The molecule has 150 valence electrons. The van der Waals surface area contributed by atoms with E-state index in [1.165, 1.54) is 28.5 Å². The van der Waals surface area contributed by atoms with Crippen molar-refractivity contribution in [2.24, 2.45) is 5.14 Å². The van der Waals surface area contributed by atoms with E-state index in [4.69, 9.17) is 5.14 Å². The van der Waals surface area contributed by atoms with E-state index in [9.17, 15) is 13.2 Å². The Labute approximate surface area is 170 Å². The Hall–Kier alpha value is -2.90. The predicted molar refractivity (Wildman–Crippen MR) is 114 cm³/mol. The largest absolute Gasteiger partial charge is 0.324 e. The molecule has 1 aliphatic heterocycles. The second-order valence-electron chi connectivity index (χ2n) is 7.33. The Morgan fingerprint density at radius 3 is 2.41 bits per heavy atom. The maximum Gasteiger partial charge on any atom is 0.321 e. The fourth-order valence-corrected chi connectivity index (χ4v) is 4.51. The first-order valence-electron chi connectivity index (χ1n) is 9.58. The molecule has 3 aromatic rings. The van der Waals surface area contributed by atoms with Gasteiger partial charge in [-0.05, 0) is 53.3 Å². The van der Waals surface area contributed by atoms with Gasteiger partial charge in [-0.1, -0.05) is 48.5 Å². The lowest BCUT2D eigenvalue weighted by Crippen LogP contribution is -2.40. The van der Waals surface area contributed by atoms with E-state index in [2.05, 4.69) is 41.7 Å². The van der Waals surface area contributed by atoms with Gasteiger partial charge in [0, 0.05) is 18.8 Å². The second kappa shape index (κ2) is 7.85. The van der Waals surface area contributed by atoms with Crippen LogP contribution in [0.15, 0.2) is 71.6 Å². The van der Waals surface area contributed by atoms with Crippen LogP contribution in [-0.4, -0.2) is 32.4 Å². The summed E-state index contributed by atoms with van der Waals surface area (Å²) in [5.41, 5.74) is 1.75. The number of sulfonamides is 1. The average molecular weight is 410 g/mol. The highest BCUT2D eigenvalue weighted by atomic mass is 32.2. The summed E-state index contributed by atoms with van der Waals surface area (Å²) >= 11 is 0. The summed E-state index contributed by atoms with van der Waals surface area (Å²) in [4.78, 5) is 14.4. The van der Waals surface area contributed by atoms with Gasteiger partial charge < -0.3 is 10.2 Å². The summed E-state index contributed by atoms with van der Waals surface area (Å²) in [6.45, 7) is 1.29. The number of hydrogen-bond acceptors (Lipinski definition) is 3. The number of nitrogens with two attached hydrogens (primary N) is 1. The van der Waals surface area contributed by atoms with E-state index in [-0.39, 0.29) is 10.9 Å². The zero-order valence-corrected chi connectivity index (χ0v) is 16.7. The molecule has 0 radical (unpaired) electrons. The van der Waals surface area contributed by atoms with Crippen molar-refractivity contribution in [3.63, 3.8) is 0 Å². The van der Waals surface area contributed by atoms with Crippen molar-refractivity contribution >= 4 is 32.5 Å². The van der Waals surface area contributed by atoms with E-state index in [1.807, 2.05) is 6.07 Å². The van der Waals surface area contributed by atoms with Gasteiger partial charge >= 0.3 is 6.03 Å². The van der Waals surface area contributed by atoms with Crippen LogP contribution in [-0.2, 0) is 10.0 Å². The molecule has 0 aliphatic carbocycles. The Morgan fingerprint density at radius 2 is 1.66 bits per heavy atom. The van der Waals surface area contributed by atoms with Crippen LogP contribution >= 0.6 is 0 Å². The van der Waals surface area contributed by atoms with Crippen molar-refractivity contribution in [3.8, 4) is 0 Å². The van der Waals surface area contributed by atoms with Crippen LogP contribution in [0, 0.1) is 0 Å². The second-order valence-corrected chi connectivity index (χ2v) is 8.89. The van der Waals surface area contributed by atoms with Crippen LogP contribution < -0.4 is 10.5 Å². The number of nitrogens with zero attached hydrogens (tertiary/aromatic N) is 1. The van der Waals surface area contributed by atoms with Gasteiger partial charge in [0.2, 0.25) is 10.0 Å². The number of rotatable bonds is 3. The predicted octanol–water partition coefficient (Wildman–Crippen LogP) is 3.90. The molecule has 0 aromatic heterocycles. The van der Waals surface area contributed by atoms with E-state index >= 15 is 0 Å². The van der Waals surface area contributed by atoms with Crippen molar-refractivity contribution in [2.75, 3.05) is 18.4 Å². The van der Waals surface area contributed by atoms with Crippen molar-refractivity contribution in [1.82, 2.24) is 4.90 Å². The maximum absolute atomic E-state index is 12.6. The van der Waals surface area contributed by atoms with Crippen LogP contribution in [0.5, 0.6) is 0 Å². The monoisotopic (exact) mass is 409 g/mol. The fourth-order valence-electron chi connectivity index (χ4n) is 3.95. The van der Waals surface area contributed by atoms with Gasteiger partial charge in [0.25, 0.3) is 0 Å². The zero-order valence-electron chi connectivity index (χ0n) is 15.9. The first-order chi connectivity index (χ1) is 13.9. The molecule has 0 saturated carbocycles. The molecule has 3 aromatic carbocycles. The third-order valence-electron chi connectivity index (χ3n) is 5.46. The molecule has 2 amide bonds. The standard InChI is InChI=1S/C22H23N3O3S/c23-29(27,28)19-8-4-7-18(15-19)24-22(26)25-13-11-17(12-14-25)21-10-3-6-16-5-1-2-9-20(16)21/h1-10,15,17H,11-14H2,(H,24,26)(H2,23,27,28). The highest BCUT2D eigenvalue weighted by Gasteiger charge is 2.25. The minimum Gasteiger partial charge on any atom is -0.324 e. The molecular formula is C22H23N3O3S. The third kappa shape index (κ3) is 4.26. The Bertz CT molecular complexity index is 1150. The average Bonchev–Trinajstić information content (AvgIpc) is 2.73. The topological polar surface area (TPSA) is 92.5 Å². The number of carbonyl (C=O) groups is 1. The number of piperidine rings is 1. The quantitative estimate of drug-likeness (QED) is 0.687. The number of amides is 2. The molecule has 0 spiro atoms. The summed E-state index contributed by atoms with van der Waals surface area (Å²) in [6.07, 6.45) is 1.78. The molecule has 3 N–H and O–H groups in total. The maximum atomic E-state index is 12.6. The Morgan fingerprint density at radius 1 is 0.966 bits per heavy atom. The number of anilines is 1. The number of benzene rings is 3. The molecule has 0 atom stereocenters. The van der Waals surface area contributed by atoms with Gasteiger partial charge in [0.1, 0.15) is 0 Å². The number of carbonyl (C=O) groups excluding carboxylic acids is 1. The van der Waals surface area contributed by atoms with Crippen LogP contribution in [0.2, 0.25) is 0 Å². The number of hydrogen-bond donors (Lipinski definition) is 2. The number of likely N-dealkylation sites (tertiary alicyclic amines) is 1. The van der Waals surface area contributed by atoms with Gasteiger partial charge in [0.15, 0.2) is 0 Å². The van der Waals surface area contributed by atoms with Gasteiger partial charge in [-0.25, -0.2) is 18.4 Å². The first-order valence-corrected chi connectivity index (χ1v) is 11.1. The molecule has 0 bridgehead atoms. The summed E-state index contributed by atoms with van der Waals surface area (Å²) in [6, 6.07) is 20.5. The highest BCUT2D eigenvalue weighted by Crippen LogP contribution is 2.33. The van der Waals surface area contributed by atoms with Gasteiger partial charge in [0.05, 0.1) is 4.90 Å². The van der Waals surface area contributed by atoms with Crippen LogP contribution in [0.25, 0.3) is 10.8 Å². The molecule has 1 heterocycles. The van der Waals surface area contributed by atoms with Gasteiger partial charge in [-0.2, -0.15) is 0 Å². The Balaban J connectivity index is 1.43. The molecule has 6 nitrogen and oxygen atoms in total. The summed E-state index contributed by atoms with van der Waals surface area (Å²) in [7, 11) is -3.81. The Kier molecular flexibility index (Phi) is 5.25. The fraction of sp³-hybridized carbons (Fsp3) is 0.227. The summed E-state index contributed by atoms with van der Waals surface area (Å²) in [5, 5.41) is 10.4. The van der Waals surface area contributed by atoms with Crippen molar-refractivity contribution < 1.29 is 13.2 Å². The van der Waals surface area contributed by atoms with Crippen LogP contribution in [0.3, 0.4) is 0 Å². The van der Waals surface area contributed by atoms with Crippen LogP contribution in [0.1, 0.15) is 24.3 Å². The minimum atomic E-state index is -3.81. The molecule has 0 unspecified atom stereocenters. The normalized spacial score (nSPS) is 15.4. The smallest absolute Gasteiger partial charge is 0.321 e. The number of fused-ring (bicyclic) bond motifs is 1. The van der Waals surface area contributed by atoms with Crippen molar-refractivity contribution in [3.05, 3.63) is 72.3 Å². The van der Waals surface area contributed by atoms with Crippen LogP contribution in [0.4, 0.5) is 10.5 Å². The summed E-state index contributed by atoms with van der Waals surface area (Å²) < 4.78 is 23.0. The molecule has 4 rings (SSSR count). The van der Waals surface area contributed by atoms with Crippen molar-refractivity contribution in [1.29, 1.82) is 0 Å². The van der Waals surface area contributed by atoms with E-state index in [0.717, 1.165) is 12.8 Å². The first kappa shape index (κ1) is 19.4. The minimum absolute atomic E-state index is 0.0232. The zero-order chi connectivity index (χ0) is 20.4.